The van der Waals surface area contributed by atoms with Gasteiger partial charge in [0.2, 0.25) is 0 Å². The Hall–Kier alpha value is -0.900. The number of rotatable bonds is 4. The van der Waals surface area contributed by atoms with E-state index in [2.05, 4.69) is 29.2 Å². The van der Waals surface area contributed by atoms with Crippen molar-refractivity contribution in [1.82, 2.24) is 4.90 Å². The molecule has 1 saturated carbocycles. The minimum atomic E-state index is -0.576. The third kappa shape index (κ3) is 2.39. The molecule has 0 radical (unpaired) electrons. The Labute approximate surface area is 121 Å². The largest absolute Gasteiger partial charge is 0.388 e. The molecule has 1 aromatic carbocycles. The van der Waals surface area contributed by atoms with Gasteiger partial charge in [-0.25, -0.2) is 0 Å². The molecule has 1 heterocycles. The summed E-state index contributed by atoms with van der Waals surface area (Å²) in [6.07, 6.45) is 5.40. The van der Waals surface area contributed by atoms with Crippen molar-refractivity contribution in [1.29, 1.82) is 0 Å². The maximum atomic E-state index is 11.2. The number of nitrogens with zero attached hydrogens (tertiary/aromatic N) is 1. The van der Waals surface area contributed by atoms with Crippen LogP contribution in [0, 0.1) is 5.41 Å². The first kappa shape index (κ1) is 14.1. The fourth-order valence-electron chi connectivity index (χ4n) is 4.00. The van der Waals surface area contributed by atoms with E-state index in [0.29, 0.717) is 6.54 Å². The van der Waals surface area contributed by atoms with Crippen molar-refractivity contribution in [2.75, 3.05) is 19.6 Å². The summed E-state index contributed by atoms with van der Waals surface area (Å²) in [5.41, 5.74) is 6.74. The topological polar surface area (TPSA) is 49.5 Å². The first-order valence-electron chi connectivity index (χ1n) is 7.86. The van der Waals surface area contributed by atoms with Gasteiger partial charge in [-0.2, -0.15) is 0 Å². The first-order chi connectivity index (χ1) is 9.67. The van der Waals surface area contributed by atoms with Gasteiger partial charge in [0, 0.05) is 25.0 Å². The normalized spacial score (nSPS) is 29.9. The Morgan fingerprint density at radius 1 is 1.10 bits per heavy atom. The van der Waals surface area contributed by atoms with E-state index < -0.39 is 5.60 Å². The van der Waals surface area contributed by atoms with Crippen molar-refractivity contribution < 1.29 is 5.11 Å². The summed E-state index contributed by atoms with van der Waals surface area (Å²) in [5.74, 6) is 0. The van der Waals surface area contributed by atoms with Gasteiger partial charge in [-0.3, -0.25) is 4.90 Å². The number of aliphatic hydroxyl groups is 1. The van der Waals surface area contributed by atoms with Crippen LogP contribution in [-0.2, 0) is 6.54 Å². The molecule has 1 aliphatic carbocycles. The molecule has 1 atom stereocenters. The molecule has 3 nitrogen and oxygen atoms in total. The van der Waals surface area contributed by atoms with Crippen LogP contribution < -0.4 is 5.73 Å². The summed E-state index contributed by atoms with van der Waals surface area (Å²) < 4.78 is 0. The first-order valence-corrected chi connectivity index (χ1v) is 7.86. The van der Waals surface area contributed by atoms with E-state index in [1.165, 1.54) is 12.0 Å². The molecule has 1 aromatic rings. The predicted molar refractivity (Wildman–Crippen MR) is 81.2 cm³/mol. The quantitative estimate of drug-likeness (QED) is 0.884. The third-order valence-electron chi connectivity index (χ3n) is 5.49. The fraction of sp³-hybridized carbons (Fsp3) is 0.647. The van der Waals surface area contributed by atoms with Crippen molar-refractivity contribution >= 4 is 0 Å². The second-order valence-electron chi connectivity index (χ2n) is 6.67. The van der Waals surface area contributed by atoms with E-state index in [1.807, 2.05) is 6.07 Å². The second-order valence-corrected chi connectivity index (χ2v) is 6.67. The van der Waals surface area contributed by atoms with E-state index in [0.717, 1.165) is 45.3 Å². The zero-order valence-electron chi connectivity index (χ0n) is 12.2. The lowest BCUT2D eigenvalue weighted by Gasteiger charge is -2.56. The molecule has 110 valence electrons. The van der Waals surface area contributed by atoms with Crippen LogP contribution in [0.15, 0.2) is 30.3 Å². The highest BCUT2D eigenvalue weighted by atomic mass is 16.3. The van der Waals surface area contributed by atoms with Gasteiger partial charge < -0.3 is 10.8 Å². The molecule has 0 aromatic heterocycles. The molecule has 2 aliphatic rings. The summed E-state index contributed by atoms with van der Waals surface area (Å²) >= 11 is 0. The van der Waals surface area contributed by atoms with Crippen LogP contribution in [-0.4, -0.2) is 35.2 Å². The number of hydrogen-bond acceptors (Lipinski definition) is 3. The molecular formula is C17H26N2O. The smallest absolute Gasteiger partial charge is 0.0842 e. The van der Waals surface area contributed by atoms with Gasteiger partial charge in [0.05, 0.1) is 5.60 Å². The lowest BCUT2D eigenvalue weighted by Crippen LogP contribution is -2.63. The number of piperidine rings is 1. The third-order valence-corrected chi connectivity index (χ3v) is 5.49. The Kier molecular flexibility index (Phi) is 3.85. The Morgan fingerprint density at radius 2 is 1.85 bits per heavy atom. The van der Waals surface area contributed by atoms with Gasteiger partial charge in [0.1, 0.15) is 0 Å². The van der Waals surface area contributed by atoms with Gasteiger partial charge in [-0.05, 0) is 37.8 Å². The molecule has 3 N–H and O–H groups in total. The molecule has 1 saturated heterocycles. The minimum Gasteiger partial charge on any atom is -0.388 e. The van der Waals surface area contributed by atoms with Gasteiger partial charge in [-0.1, -0.05) is 36.8 Å². The highest BCUT2D eigenvalue weighted by Crippen LogP contribution is 2.51. The lowest BCUT2D eigenvalue weighted by molar-refractivity contribution is -0.157. The molecule has 1 unspecified atom stereocenters. The van der Waals surface area contributed by atoms with Crippen molar-refractivity contribution in [2.24, 2.45) is 11.1 Å². The van der Waals surface area contributed by atoms with Crippen molar-refractivity contribution in [3.8, 4) is 0 Å². The summed E-state index contributed by atoms with van der Waals surface area (Å²) in [6.45, 7) is 3.42. The van der Waals surface area contributed by atoms with Crippen LogP contribution in [0.3, 0.4) is 0 Å². The Balaban J connectivity index is 1.70. The van der Waals surface area contributed by atoms with E-state index in [4.69, 9.17) is 5.73 Å². The maximum Gasteiger partial charge on any atom is 0.0842 e. The molecule has 20 heavy (non-hydrogen) atoms. The Bertz CT molecular complexity index is 438. The number of likely N-dealkylation sites (tertiary alicyclic amines) is 1. The van der Waals surface area contributed by atoms with Crippen molar-refractivity contribution in [3.63, 3.8) is 0 Å². The molecule has 0 bridgehead atoms. The van der Waals surface area contributed by atoms with E-state index in [1.54, 1.807) is 0 Å². The summed E-state index contributed by atoms with van der Waals surface area (Å²) in [7, 11) is 0. The van der Waals surface area contributed by atoms with Crippen LogP contribution in [0.4, 0.5) is 0 Å². The standard InChI is InChI=1S/C17H26N2O/c18-13-16(8-4-9-16)17(20)10-5-11-19(14-17)12-15-6-2-1-3-7-15/h1-3,6-7,20H,4-5,8-14,18H2. The highest BCUT2D eigenvalue weighted by molar-refractivity contribution is 5.15. The highest BCUT2D eigenvalue weighted by Gasteiger charge is 2.54. The molecule has 0 amide bonds. The molecular weight excluding hydrogens is 248 g/mol. The Morgan fingerprint density at radius 3 is 2.45 bits per heavy atom. The van der Waals surface area contributed by atoms with E-state index >= 15 is 0 Å². The average molecular weight is 274 g/mol. The lowest BCUT2D eigenvalue weighted by atomic mass is 9.56. The van der Waals surface area contributed by atoms with E-state index in [-0.39, 0.29) is 5.41 Å². The molecule has 2 fully saturated rings. The zero-order chi connectivity index (χ0) is 14.1. The maximum absolute atomic E-state index is 11.2. The van der Waals surface area contributed by atoms with Crippen molar-refractivity contribution in [3.05, 3.63) is 35.9 Å². The molecule has 3 heteroatoms. The van der Waals surface area contributed by atoms with Crippen LogP contribution in [0.5, 0.6) is 0 Å². The van der Waals surface area contributed by atoms with Crippen LogP contribution >= 0.6 is 0 Å². The fourth-order valence-corrected chi connectivity index (χ4v) is 4.00. The number of β-amino-alcohol motifs (C(OH)–C–C–N with tert-alkyl or cyclic N) is 1. The number of hydrogen-bond donors (Lipinski definition) is 2. The predicted octanol–water partition coefficient (Wildman–Crippen LogP) is 2.14. The summed E-state index contributed by atoms with van der Waals surface area (Å²) in [6, 6.07) is 10.5. The molecule has 1 aliphatic heterocycles. The average Bonchev–Trinajstić information content (AvgIpc) is 2.39. The SMILES string of the molecule is NCC1(C2(O)CCCN(Cc3ccccc3)C2)CCC1. The van der Waals surface area contributed by atoms with Gasteiger partial charge in [0.15, 0.2) is 0 Å². The summed E-state index contributed by atoms with van der Waals surface area (Å²) in [5, 5.41) is 11.2. The van der Waals surface area contributed by atoms with Crippen molar-refractivity contribution in [2.45, 2.75) is 44.2 Å². The zero-order valence-corrected chi connectivity index (χ0v) is 12.2. The number of nitrogens with two attached hydrogens (primary N) is 1. The summed E-state index contributed by atoms with van der Waals surface area (Å²) in [4.78, 5) is 2.40. The second kappa shape index (κ2) is 5.47. The van der Waals surface area contributed by atoms with Crippen LogP contribution in [0.25, 0.3) is 0 Å². The van der Waals surface area contributed by atoms with Gasteiger partial charge >= 0.3 is 0 Å². The van der Waals surface area contributed by atoms with Crippen LogP contribution in [0.1, 0.15) is 37.7 Å². The monoisotopic (exact) mass is 274 g/mol. The van der Waals surface area contributed by atoms with Gasteiger partial charge in [-0.15, -0.1) is 0 Å². The number of benzene rings is 1. The molecule has 3 rings (SSSR count). The van der Waals surface area contributed by atoms with Crippen LogP contribution in [0.2, 0.25) is 0 Å². The molecule has 0 spiro atoms. The minimum absolute atomic E-state index is 0.0115. The van der Waals surface area contributed by atoms with Gasteiger partial charge in [0.25, 0.3) is 0 Å². The van der Waals surface area contributed by atoms with E-state index in [9.17, 15) is 5.11 Å².